The Morgan fingerprint density at radius 2 is 2.08 bits per heavy atom. The third-order valence-corrected chi connectivity index (χ3v) is 5.05. The number of benzene rings is 1. The van der Waals surface area contributed by atoms with E-state index in [2.05, 4.69) is 51.1 Å². The first-order valence-electron chi connectivity index (χ1n) is 9.04. The molecule has 136 valence electrons. The monoisotopic (exact) mass is 351 g/mol. The van der Waals surface area contributed by atoms with E-state index in [0.717, 1.165) is 37.4 Å². The van der Waals surface area contributed by atoms with Crippen molar-refractivity contribution < 1.29 is 5.11 Å². The van der Waals surface area contributed by atoms with Crippen LogP contribution in [0.1, 0.15) is 17.7 Å². The van der Waals surface area contributed by atoms with Crippen molar-refractivity contribution in [1.82, 2.24) is 24.2 Å². The van der Waals surface area contributed by atoms with E-state index >= 15 is 0 Å². The fraction of sp³-hybridized carbons (Fsp3) is 0.400. The van der Waals surface area contributed by atoms with Gasteiger partial charge in [0.15, 0.2) is 5.65 Å². The lowest BCUT2D eigenvalue weighted by Crippen LogP contribution is -2.43. The number of rotatable bonds is 6. The number of fused-ring (bicyclic) bond motifs is 1. The quantitative estimate of drug-likeness (QED) is 0.734. The molecule has 4 rings (SSSR count). The van der Waals surface area contributed by atoms with E-state index in [4.69, 9.17) is 0 Å². The van der Waals surface area contributed by atoms with Crippen LogP contribution in [0.15, 0.2) is 55.1 Å². The molecule has 0 saturated carbocycles. The van der Waals surface area contributed by atoms with Crippen LogP contribution >= 0.6 is 0 Å². The maximum Gasteiger partial charge on any atom is 0.155 e. The SMILES string of the molecule is CN(Cc1cnc2cnccn12)CC1(O)CCN(Cc2ccccc2)C1. The summed E-state index contributed by atoms with van der Waals surface area (Å²) in [6.07, 6.45) is 8.14. The second-order valence-corrected chi connectivity index (χ2v) is 7.40. The van der Waals surface area contributed by atoms with Gasteiger partial charge in [0.25, 0.3) is 0 Å². The molecule has 0 spiro atoms. The van der Waals surface area contributed by atoms with Crippen molar-refractivity contribution in [2.24, 2.45) is 0 Å². The number of imidazole rings is 1. The molecule has 1 fully saturated rings. The van der Waals surface area contributed by atoms with Gasteiger partial charge >= 0.3 is 0 Å². The van der Waals surface area contributed by atoms with Gasteiger partial charge < -0.3 is 5.11 Å². The van der Waals surface area contributed by atoms with Gasteiger partial charge in [-0.2, -0.15) is 0 Å². The summed E-state index contributed by atoms with van der Waals surface area (Å²) in [6.45, 7) is 3.93. The Labute approximate surface area is 153 Å². The first kappa shape index (κ1) is 17.1. The van der Waals surface area contributed by atoms with E-state index in [-0.39, 0.29) is 0 Å². The molecule has 1 aromatic carbocycles. The lowest BCUT2D eigenvalue weighted by Gasteiger charge is -2.29. The standard InChI is InChI=1S/C20H25N5O/c1-23(14-18-11-22-19-12-21-8-10-25(18)19)15-20(26)7-9-24(16-20)13-17-5-3-2-4-6-17/h2-6,8,10-12,26H,7,9,13-16H2,1H3. The minimum absolute atomic E-state index is 0.649. The van der Waals surface area contributed by atoms with Gasteiger partial charge in [-0.25, -0.2) is 4.98 Å². The van der Waals surface area contributed by atoms with Crippen LogP contribution < -0.4 is 0 Å². The van der Waals surface area contributed by atoms with E-state index in [1.807, 2.05) is 22.9 Å². The van der Waals surface area contributed by atoms with Gasteiger partial charge in [0.05, 0.1) is 23.7 Å². The zero-order chi connectivity index (χ0) is 18.0. The summed E-state index contributed by atoms with van der Waals surface area (Å²) in [5.41, 5.74) is 2.59. The maximum absolute atomic E-state index is 11.0. The van der Waals surface area contributed by atoms with Crippen molar-refractivity contribution in [3.8, 4) is 0 Å². The van der Waals surface area contributed by atoms with Gasteiger partial charge in [-0.15, -0.1) is 0 Å². The molecule has 3 heterocycles. The normalized spacial score (nSPS) is 21.0. The van der Waals surface area contributed by atoms with Gasteiger partial charge in [-0.05, 0) is 19.0 Å². The molecule has 1 N–H and O–H groups in total. The third kappa shape index (κ3) is 3.77. The lowest BCUT2D eigenvalue weighted by atomic mass is 10.0. The van der Waals surface area contributed by atoms with Crippen LogP contribution in [0.2, 0.25) is 0 Å². The number of β-amino-alcohol motifs (C(OH)–C–C–N with tert-alkyl or cyclic N) is 1. The van der Waals surface area contributed by atoms with E-state index < -0.39 is 5.60 Å². The van der Waals surface area contributed by atoms with Crippen LogP contribution in [-0.4, -0.2) is 61.6 Å². The summed E-state index contributed by atoms with van der Waals surface area (Å²) in [6, 6.07) is 10.5. The summed E-state index contributed by atoms with van der Waals surface area (Å²) in [4.78, 5) is 13.0. The van der Waals surface area contributed by atoms with Crippen molar-refractivity contribution in [2.45, 2.75) is 25.1 Å². The summed E-state index contributed by atoms with van der Waals surface area (Å²) < 4.78 is 2.05. The average Bonchev–Trinajstić information content (AvgIpc) is 3.20. The Morgan fingerprint density at radius 1 is 1.23 bits per heavy atom. The molecule has 1 unspecified atom stereocenters. The molecule has 1 saturated heterocycles. The van der Waals surface area contributed by atoms with Crippen LogP contribution in [0.3, 0.4) is 0 Å². The second kappa shape index (κ2) is 7.15. The van der Waals surface area contributed by atoms with Gasteiger partial charge in [-0.3, -0.25) is 19.2 Å². The zero-order valence-corrected chi connectivity index (χ0v) is 15.1. The van der Waals surface area contributed by atoms with Gasteiger partial charge in [0.2, 0.25) is 0 Å². The first-order chi connectivity index (χ1) is 12.6. The molecule has 6 nitrogen and oxygen atoms in total. The van der Waals surface area contributed by atoms with Crippen LogP contribution in [0.5, 0.6) is 0 Å². The van der Waals surface area contributed by atoms with Crippen LogP contribution in [0.4, 0.5) is 0 Å². The highest BCUT2D eigenvalue weighted by atomic mass is 16.3. The molecular weight excluding hydrogens is 326 g/mol. The van der Waals surface area contributed by atoms with E-state index in [9.17, 15) is 5.11 Å². The molecule has 1 atom stereocenters. The predicted molar refractivity (Wildman–Crippen MR) is 101 cm³/mol. The number of nitrogens with zero attached hydrogens (tertiary/aromatic N) is 5. The third-order valence-electron chi connectivity index (χ3n) is 5.05. The minimum atomic E-state index is -0.661. The van der Waals surface area contributed by atoms with Crippen LogP contribution in [0, 0.1) is 0 Å². The van der Waals surface area contributed by atoms with Gasteiger partial charge in [-0.1, -0.05) is 30.3 Å². The molecule has 0 radical (unpaired) electrons. The Morgan fingerprint density at radius 3 is 2.92 bits per heavy atom. The van der Waals surface area contributed by atoms with Gasteiger partial charge in [0, 0.05) is 45.1 Å². The van der Waals surface area contributed by atoms with Crippen LogP contribution in [0.25, 0.3) is 5.65 Å². The highest BCUT2D eigenvalue weighted by Gasteiger charge is 2.36. The van der Waals surface area contributed by atoms with Crippen molar-refractivity contribution in [3.05, 3.63) is 66.4 Å². The largest absolute Gasteiger partial charge is 0.387 e. The summed E-state index contributed by atoms with van der Waals surface area (Å²) in [5, 5.41) is 11.0. The number of hydrogen-bond acceptors (Lipinski definition) is 5. The van der Waals surface area contributed by atoms with E-state index in [1.165, 1.54) is 5.56 Å². The van der Waals surface area contributed by atoms with Gasteiger partial charge in [0.1, 0.15) is 0 Å². The number of hydrogen-bond donors (Lipinski definition) is 1. The first-order valence-corrected chi connectivity index (χ1v) is 9.04. The number of likely N-dealkylation sites (N-methyl/N-ethyl adjacent to an activating group) is 1. The Balaban J connectivity index is 1.36. The fourth-order valence-corrected chi connectivity index (χ4v) is 3.89. The molecule has 1 aliphatic heterocycles. The topological polar surface area (TPSA) is 56.9 Å². The van der Waals surface area contributed by atoms with E-state index in [1.54, 1.807) is 12.4 Å². The molecule has 6 heteroatoms. The number of likely N-dealkylation sites (tertiary alicyclic amines) is 1. The molecule has 1 aliphatic rings. The Kier molecular flexibility index (Phi) is 4.72. The zero-order valence-electron chi connectivity index (χ0n) is 15.1. The molecular formula is C20H25N5O. The van der Waals surface area contributed by atoms with Crippen molar-refractivity contribution in [3.63, 3.8) is 0 Å². The minimum Gasteiger partial charge on any atom is -0.387 e. The second-order valence-electron chi connectivity index (χ2n) is 7.40. The summed E-state index contributed by atoms with van der Waals surface area (Å²) in [7, 11) is 2.05. The average molecular weight is 351 g/mol. The smallest absolute Gasteiger partial charge is 0.155 e. The molecule has 26 heavy (non-hydrogen) atoms. The molecule has 3 aromatic rings. The molecule has 0 aliphatic carbocycles. The maximum atomic E-state index is 11.0. The number of aromatic nitrogens is 3. The Hall–Kier alpha value is -2.28. The highest BCUT2D eigenvalue weighted by molar-refractivity contribution is 5.36. The summed E-state index contributed by atoms with van der Waals surface area (Å²) >= 11 is 0. The van der Waals surface area contributed by atoms with Crippen molar-refractivity contribution >= 4 is 5.65 Å². The number of aliphatic hydroxyl groups is 1. The van der Waals surface area contributed by atoms with Crippen molar-refractivity contribution in [2.75, 3.05) is 26.7 Å². The summed E-state index contributed by atoms with van der Waals surface area (Å²) in [5.74, 6) is 0. The molecule has 0 bridgehead atoms. The predicted octanol–water partition coefficient (Wildman–Crippen LogP) is 1.80. The van der Waals surface area contributed by atoms with Crippen LogP contribution in [-0.2, 0) is 13.1 Å². The molecule has 2 aromatic heterocycles. The lowest BCUT2D eigenvalue weighted by molar-refractivity contribution is 0.0159. The fourth-order valence-electron chi connectivity index (χ4n) is 3.89. The highest BCUT2D eigenvalue weighted by Crippen LogP contribution is 2.24. The molecule has 0 amide bonds. The Bertz CT molecular complexity index is 865. The van der Waals surface area contributed by atoms with Crippen molar-refractivity contribution in [1.29, 1.82) is 0 Å². The van der Waals surface area contributed by atoms with E-state index in [0.29, 0.717) is 13.1 Å².